The Morgan fingerprint density at radius 1 is 1.33 bits per heavy atom. The molecule has 2 rings (SSSR count). The number of rotatable bonds is 0. The van der Waals surface area contributed by atoms with Gasteiger partial charge in [-0.05, 0) is 27.5 Å². The van der Waals surface area contributed by atoms with Gasteiger partial charge in [-0.2, -0.15) is 0 Å². The molecule has 6 heteroatoms. The molecule has 0 spiro atoms. The normalized spacial score (nSPS) is 10.9. The molecule has 12 heavy (non-hydrogen) atoms. The van der Waals surface area contributed by atoms with Gasteiger partial charge in [0, 0.05) is 6.20 Å². The summed E-state index contributed by atoms with van der Waals surface area (Å²) in [6.45, 7) is 0. The Hall–Kier alpha value is -0.320. The van der Waals surface area contributed by atoms with Gasteiger partial charge in [-0.3, -0.25) is 0 Å². The number of halogens is 3. The van der Waals surface area contributed by atoms with Crippen LogP contribution in [0.4, 0.5) is 0 Å². The first-order valence-corrected chi connectivity index (χ1v) is 4.59. The molecule has 2 aromatic rings. The van der Waals surface area contributed by atoms with E-state index in [1.54, 1.807) is 6.20 Å². The third-order valence-corrected chi connectivity index (χ3v) is 2.45. The Balaban J connectivity index is 2.92. The third kappa shape index (κ3) is 1.20. The first-order chi connectivity index (χ1) is 5.68. The summed E-state index contributed by atoms with van der Waals surface area (Å²) in [4.78, 5) is 10.7. The lowest BCUT2D eigenvalue weighted by Crippen LogP contribution is -1.84. The van der Waals surface area contributed by atoms with Crippen molar-refractivity contribution in [2.45, 2.75) is 0 Å². The lowest BCUT2D eigenvalue weighted by Gasteiger charge is -1.93. The molecule has 2 aromatic heterocycles. The minimum atomic E-state index is 0.146. The molecule has 2 heterocycles. The number of hydrogen-bond donors (Lipinski definition) is 1. The second-order valence-electron chi connectivity index (χ2n) is 2.14. The molecule has 0 fully saturated rings. The largest absolute Gasteiger partial charge is 0.356 e. The molecule has 0 aliphatic heterocycles. The maximum Gasteiger partial charge on any atom is 0.224 e. The maximum absolute atomic E-state index is 5.79. The van der Waals surface area contributed by atoms with Gasteiger partial charge < -0.3 is 4.98 Å². The van der Waals surface area contributed by atoms with Crippen molar-refractivity contribution >= 4 is 50.2 Å². The molecule has 1 N–H and O–H groups in total. The van der Waals surface area contributed by atoms with E-state index >= 15 is 0 Å². The third-order valence-electron chi connectivity index (χ3n) is 1.41. The highest BCUT2D eigenvalue weighted by molar-refractivity contribution is 9.10. The lowest BCUT2D eigenvalue weighted by atomic mass is 10.5. The van der Waals surface area contributed by atoms with Gasteiger partial charge in [0.05, 0.1) is 4.47 Å². The first-order valence-electron chi connectivity index (χ1n) is 3.04. The predicted molar refractivity (Wildman–Crippen MR) is 51.6 cm³/mol. The van der Waals surface area contributed by atoms with Crippen LogP contribution in [-0.4, -0.2) is 15.0 Å². The Kier molecular flexibility index (Phi) is 1.98. The van der Waals surface area contributed by atoms with Crippen molar-refractivity contribution in [2.24, 2.45) is 0 Å². The van der Waals surface area contributed by atoms with Crippen molar-refractivity contribution in [2.75, 3.05) is 0 Å². The molecule has 3 nitrogen and oxygen atoms in total. The highest BCUT2D eigenvalue weighted by Crippen LogP contribution is 2.26. The van der Waals surface area contributed by atoms with Gasteiger partial charge in [0.25, 0.3) is 0 Å². The number of aromatic amines is 1. The zero-order chi connectivity index (χ0) is 8.72. The Morgan fingerprint density at radius 3 is 2.83 bits per heavy atom. The van der Waals surface area contributed by atoms with Crippen LogP contribution in [0.3, 0.4) is 0 Å². The van der Waals surface area contributed by atoms with E-state index in [0.717, 1.165) is 4.47 Å². The molecule has 0 saturated heterocycles. The number of nitrogens with zero attached hydrogens (tertiary/aromatic N) is 2. The van der Waals surface area contributed by atoms with Gasteiger partial charge in [-0.15, -0.1) is 0 Å². The molecule has 0 unspecified atom stereocenters. The predicted octanol–water partition coefficient (Wildman–Crippen LogP) is 3.03. The van der Waals surface area contributed by atoms with Crippen LogP contribution in [0.1, 0.15) is 0 Å². The summed E-state index contributed by atoms with van der Waals surface area (Å²) in [5.41, 5.74) is 1.38. The van der Waals surface area contributed by atoms with E-state index in [4.69, 9.17) is 23.2 Å². The fourth-order valence-corrected chi connectivity index (χ4v) is 1.75. The molecular formula is C6H2BrCl2N3. The molecule has 0 saturated carbocycles. The molecule has 0 amide bonds. The van der Waals surface area contributed by atoms with Gasteiger partial charge in [-0.1, -0.05) is 11.6 Å². The topological polar surface area (TPSA) is 41.6 Å². The SMILES string of the molecule is Clc1nc(Cl)c2[nH]cc(Br)c2n1. The van der Waals surface area contributed by atoms with Crippen molar-refractivity contribution in [1.29, 1.82) is 0 Å². The highest BCUT2D eigenvalue weighted by atomic mass is 79.9. The van der Waals surface area contributed by atoms with E-state index in [0.29, 0.717) is 16.2 Å². The summed E-state index contributed by atoms with van der Waals surface area (Å²) >= 11 is 14.7. The Labute approximate surface area is 86.2 Å². The van der Waals surface area contributed by atoms with Gasteiger partial charge in [0.1, 0.15) is 11.0 Å². The average molecular weight is 267 g/mol. The summed E-state index contributed by atoms with van der Waals surface area (Å²) in [5.74, 6) is 0. The van der Waals surface area contributed by atoms with Crippen LogP contribution in [0, 0.1) is 0 Å². The number of nitrogens with one attached hydrogen (secondary N) is 1. The minimum absolute atomic E-state index is 0.146. The average Bonchev–Trinajstić information content (AvgIpc) is 2.33. The molecule has 0 bridgehead atoms. The number of hydrogen-bond acceptors (Lipinski definition) is 2. The van der Waals surface area contributed by atoms with Crippen LogP contribution in [0.2, 0.25) is 10.4 Å². The van der Waals surface area contributed by atoms with E-state index in [9.17, 15) is 0 Å². The molecular weight excluding hydrogens is 265 g/mol. The molecule has 0 aliphatic rings. The monoisotopic (exact) mass is 265 g/mol. The fourth-order valence-electron chi connectivity index (χ4n) is 0.912. The second kappa shape index (κ2) is 2.87. The molecule has 0 atom stereocenters. The van der Waals surface area contributed by atoms with Crippen LogP contribution in [0.5, 0.6) is 0 Å². The van der Waals surface area contributed by atoms with Crippen molar-refractivity contribution in [3.63, 3.8) is 0 Å². The summed E-state index contributed by atoms with van der Waals surface area (Å²) in [7, 11) is 0. The van der Waals surface area contributed by atoms with Crippen molar-refractivity contribution in [1.82, 2.24) is 15.0 Å². The summed E-state index contributed by atoms with van der Waals surface area (Å²) in [6, 6.07) is 0. The Morgan fingerprint density at radius 2 is 2.08 bits per heavy atom. The lowest BCUT2D eigenvalue weighted by molar-refractivity contribution is 1.22. The van der Waals surface area contributed by atoms with E-state index in [-0.39, 0.29) is 5.28 Å². The van der Waals surface area contributed by atoms with Crippen LogP contribution in [0.15, 0.2) is 10.7 Å². The Bertz CT molecular complexity index is 440. The molecule has 0 aromatic carbocycles. The van der Waals surface area contributed by atoms with Gasteiger partial charge in [0.2, 0.25) is 5.28 Å². The van der Waals surface area contributed by atoms with Gasteiger partial charge in [-0.25, -0.2) is 9.97 Å². The minimum Gasteiger partial charge on any atom is -0.356 e. The van der Waals surface area contributed by atoms with Crippen LogP contribution < -0.4 is 0 Å². The molecule has 0 radical (unpaired) electrons. The van der Waals surface area contributed by atoms with E-state index < -0.39 is 0 Å². The maximum atomic E-state index is 5.79. The molecule has 62 valence electrons. The fraction of sp³-hybridized carbons (Fsp3) is 0. The number of H-pyrrole nitrogens is 1. The van der Waals surface area contributed by atoms with Gasteiger partial charge in [0.15, 0.2) is 5.15 Å². The van der Waals surface area contributed by atoms with Crippen molar-refractivity contribution in [3.05, 3.63) is 21.1 Å². The van der Waals surface area contributed by atoms with E-state index in [2.05, 4.69) is 30.9 Å². The molecule has 0 aliphatic carbocycles. The van der Waals surface area contributed by atoms with Crippen molar-refractivity contribution in [3.8, 4) is 0 Å². The second-order valence-corrected chi connectivity index (χ2v) is 3.69. The quantitative estimate of drug-likeness (QED) is 0.588. The smallest absolute Gasteiger partial charge is 0.224 e. The van der Waals surface area contributed by atoms with Crippen LogP contribution in [-0.2, 0) is 0 Å². The van der Waals surface area contributed by atoms with E-state index in [1.165, 1.54) is 0 Å². The highest BCUT2D eigenvalue weighted by Gasteiger charge is 2.08. The summed E-state index contributed by atoms with van der Waals surface area (Å²) in [5, 5.41) is 0.475. The summed E-state index contributed by atoms with van der Waals surface area (Å²) in [6.07, 6.45) is 1.74. The zero-order valence-electron chi connectivity index (χ0n) is 5.61. The standard InChI is InChI=1S/C6H2BrCl2N3/c7-2-1-10-4-3(2)11-6(9)12-5(4)8/h1,10H. The zero-order valence-corrected chi connectivity index (χ0v) is 8.70. The van der Waals surface area contributed by atoms with E-state index in [1.807, 2.05) is 0 Å². The van der Waals surface area contributed by atoms with Gasteiger partial charge >= 0.3 is 0 Å². The van der Waals surface area contributed by atoms with Crippen LogP contribution >= 0.6 is 39.1 Å². The first kappa shape index (κ1) is 8.29. The number of aromatic nitrogens is 3. The number of fused-ring (bicyclic) bond motifs is 1. The van der Waals surface area contributed by atoms with Crippen molar-refractivity contribution < 1.29 is 0 Å². The summed E-state index contributed by atoms with van der Waals surface area (Å²) < 4.78 is 0.823. The van der Waals surface area contributed by atoms with Crippen LogP contribution in [0.25, 0.3) is 11.0 Å².